The van der Waals surface area contributed by atoms with Crippen LogP contribution in [0.4, 0.5) is 5.69 Å². The molecule has 0 amide bonds. The summed E-state index contributed by atoms with van der Waals surface area (Å²) in [5, 5.41) is 0.244. The number of anilines is 1. The van der Waals surface area contributed by atoms with E-state index in [0.29, 0.717) is 0 Å². The molecular weight excluding hydrogens is 302 g/mol. The van der Waals surface area contributed by atoms with Gasteiger partial charge in [-0.2, -0.15) is 0 Å². The van der Waals surface area contributed by atoms with Gasteiger partial charge in [0.05, 0.1) is 16.6 Å². The molecule has 0 aromatic carbocycles. The second kappa shape index (κ2) is 4.42. The predicted molar refractivity (Wildman–Crippen MR) is 73.7 cm³/mol. The maximum atomic E-state index is 6.15. The van der Waals surface area contributed by atoms with E-state index in [1.807, 2.05) is 24.5 Å². The molecule has 17 heavy (non-hydrogen) atoms. The Morgan fingerprint density at radius 2 is 2.29 bits per heavy atom. The van der Waals surface area contributed by atoms with Crippen LogP contribution < -0.4 is 4.90 Å². The Morgan fingerprint density at radius 3 is 3.06 bits per heavy atom. The molecule has 88 valence electrons. The van der Waals surface area contributed by atoms with Crippen molar-refractivity contribution in [2.45, 2.75) is 11.8 Å². The lowest BCUT2D eigenvalue weighted by Gasteiger charge is -2.18. The monoisotopic (exact) mass is 311 g/mol. The van der Waals surface area contributed by atoms with E-state index in [1.165, 1.54) is 0 Å². The SMILES string of the molecule is ClC1CCN(c2ccnc3cc(Br)cnc23)C1. The van der Waals surface area contributed by atoms with Crippen molar-refractivity contribution in [1.29, 1.82) is 0 Å². The third kappa shape index (κ3) is 2.11. The van der Waals surface area contributed by atoms with Crippen LogP contribution >= 0.6 is 27.5 Å². The van der Waals surface area contributed by atoms with Crippen LogP contribution in [0.5, 0.6) is 0 Å². The summed E-state index contributed by atoms with van der Waals surface area (Å²) < 4.78 is 0.950. The van der Waals surface area contributed by atoms with E-state index in [2.05, 4.69) is 30.8 Å². The molecule has 2 aromatic heterocycles. The molecule has 2 aromatic rings. The van der Waals surface area contributed by atoms with Crippen LogP contribution in [0.1, 0.15) is 6.42 Å². The zero-order valence-corrected chi connectivity index (χ0v) is 11.4. The molecule has 0 radical (unpaired) electrons. The number of fused-ring (bicyclic) bond motifs is 1. The van der Waals surface area contributed by atoms with Gasteiger partial charge >= 0.3 is 0 Å². The maximum Gasteiger partial charge on any atom is 0.112 e. The fourth-order valence-electron chi connectivity index (χ4n) is 2.18. The lowest BCUT2D eigenvalue weighted by Crippen LogP contribution is -2.20. The highest BCUT2D eigenvalue weighted by Crippen LogP contribution is 2.29. The number of pyridine rings is 2. The zero-order valence-electron chi connectivity index (χ0n) is 9.11. The van der Waals surface area contributed by atoms with Crippen LogP contribution in [-0.2, 0) is 0 Å². The second-order valence-electron chi connectivity index (χ2n) is 4.18. The van der Waals surface area contributed by atoms with Crippen molar-refractivity contribution in [2.75, 3.05) is 18.0 Å². The number of aromatic nitrogens is 2. The number of hydrogen-bond donors (Lipinski definition) is 0. The molecule has 5 heteroatoms. The molecule has 0 aliphatic carbocycles. The highest BCUT2D eigenvalue weighted by atomic mass is 79.9. The highest BCUT2D eigenvalue weighted by Gasteiger charge is 2.22. The van der Waals surface area contributed by atoms with Crippen LogP contribution in [0.3, 0.4) is 0 Å². The first-order valence-electron chi connectivity index (χ1n) is 5.53. The average molecular weight is 313 g/mol. The first kappa shape index (κ1) is 11.2. The average Bonchev–Trinajstić information content (AvgIpc) is 2.74. The minimum atomic E-state index is 0.244. The summed E-state index contributed by atoms with van der Waals surface area (Å²) in [6.07, 6.45) is 4.66. The van der Waals surface area contributed by atoms with Gasteiger partial charge in [0.25, 0.3) is 0 Å². The molecule has 1 aliphatic heterocycles. The minimum Gasteiger partial charge on any atom is -0.368 e. The van der Waals surface area contributed by atoms with Crippen molar-refractivity contribution in [3.8, 4) is 0 Å². The van der Waals surface area contributed by atoms with E-state index >= 15 is 0 Å². The van der Waals surface area contributed by atoms with E-state index in [1.54, 1.807) is 0 Å². The number of alkyl halides is 1. The summed E-state index contributed by atoms with van der Waals surface area (Å²) in [5.74, 6) is 0. The topological polar surface area (TPSA) is 29.0 Å². The van der Waals surface area contributed by atoms with Crippen molar-refractivity contribution in [3.05, 3.63) is 29.0 Å². The maximum absolute atomic E-state index is 6.15. The van der Waals surface area contributed by atoms with Gasteiger partial charge in [-0.15, -0.1) is 11.6 Å². The van der Waals surface area contributed by atoms with Gasteiger partial charge in [0.1, 0.15) is 5.52 Å². The molecule has 1 saturated heterocycles. The van der Waals surface area contributed by atoms with Crippen LogP contribution in [0.2, 0.25) is 0 Å². The Morgan fingerprint density at radius 1 is 1.41 bits per heavy atom. The normalized spacial score (nSPS) is 20.1. The van der Waals surface area contributed by atoms with E-state index in [-0.39, 0.29) is 5.38 Å². The molecule has 1 fully saturated rings. The number of hydrogen-bond acceptors (Lipinski definition) is 3. The van der Waals surface area contributed by atoms with Gasteiger partial charge < -0.3 is 4.90 Å². The summed E-state index contributed by atoms with van der Waals surface area (Å²) in [7, 11) is 0. The Bertz CT molecular complexity index is 560. The summed E-state index contributed by atoms with van der Waals surface area (Å²) in [6, 6.07) is 4.00. The number of halogens is 2. The van der Waals surface area contributed by atoms with E-state index in [0.717, 1.165) is 40.7 Å². The third-order valence-electron chi connectivity index (χ3n) is 2.99. The molecule has 0 N–H and O–H groups in total. The lowest BCUT2D eigenvalue weighted by atomic mass is 10.2. The molecule has 1 unspecified atom stereocenters. The Balaban J connectivity index is 2.10. The van der Waals surface area contributed by atoms with E-state index in [4.69, 9.17) is 11.6 Å². The molecule has 0 bridgehead atoms. The summed E-state index contributed by atoms with van der Waals surface area (Å²) in [5.41, 5.74) is 2.99. The molecule has 3 heterocycles. The van der Waals surface area contributed by atoms with Crippen LogP contribution in [0.25, 0.3) is 11.0 Å². The molecule has 1 atom stereocenters. The van der Waals surface area contributed by atoms with Crippen molar-refractivity contribution in [3.63, 3.8) is 0 Å². The highest BCUT2D eigenvalue weighted by molar-refractivity contribution is 9.10. The van der Waals surface area contributed by atoms with E-state index < -0.39 is 0 Å². The molecule has 0 saturated carbocycles. The summed E-state index contributed by atoms with van der Waals surface area (Å²) >= 11 is 9.56. The standard InChI is InChI=1S/C12H11BrClN3/c13-8-5-10-12(16-6-8)11(1-3-15-10)17-4-2-9(14)7-17/h1,3,5-6,9H,2,4,7H2. The van der Waals surface area contributed by atoms with Gasteiger partial charge in [-0.1, -0.05) is 0 Å². The molecular formula is C12H11BrClN3. The lowest BCUT2D eigenvalue weighted by molar-refractivity contribution is 0.958. The van der Waals surface area contributed by atoms with Crippen molar-refractivity contribution < 1.29 is 0 Å². The van der Waals surface area contributed by atoms with Crippen molar-refractivity contribution in [2.24, 2.45) is 0 Å². The van der Waals surface area contributed by atoms with Gasteiger partial charge in [0.2, 0.25) is 0 Å². The van der Waals surface area contributed by atoms with Crippen molar-refractivity contribution in [1.82, 2.24) is 9.97 Å². The van der Waals surface area contributed by atoms with Crippen molar-refractivity contribution >= 4 is 44.3 Å². The Hall–Kier alpha value is -0.870. The Kier molecular flexibility index (Phi) is 2.92. The summed E-state index contributed by atoms with van der Waals surface area (Å²) in [6.45, 7) is 1.88. The van der Waals surface area contributed by atoms with Gasteiger partial charge in [-0.25, -0.2) is 0 Å². The molecule has 0 spiro atoms. The molecule has 3 rings (SSSR count). The fraction of sp³-hybridized carbons (Fsp3) is 0.333. The Labute approximate surface area is 113 Å². The number of nitrogens with zero attached hydrogens (tertiary/aromatic N) is 3. The minimum absolute atomic E-state index is 0.244. The van der Waals surface area contributed by atoms with Crippen LogP contribution in [-0.4, -0.2) is 28.4 Å². The van der Waals surface area contributed by atoms with E-state index in [9.17, 15) is 0 Å². The molecule has 1 aliphatic rings. The molecule has 3 nitrogen and oxygen atoms in total. The summed E-state index contributed by atoms with van der Waals surface area (Å²) in [4.78, 5) is 11.1. The van der Waals surface area contributed by atoms with Gasteiger partial charge in [0.15, 0.2) is 0 Å². The predicted octanol–water partition coefficient (Wildman–Crippen LogP) is 3.21. The van der Waals surface area contributed by atoms with Gasteiger partial charge in [0, 0.05) is 30.0 Å². The van der Waals surface area contributed by atoms with Gasteiger partial charge in [-0.05, 0) is 34.5 Å². The van der Waals surface area contributed by atoms with Gasteiger partial charge in [-0.3, -0.25) is 9.97 Å². The first-order valence-corrected chi connectivity index (χ1v) is 6.76. The zero-order chi connectivity index (χ0) is 11.8. The number of rotatable bonds is 1. The quantitative estimate of drug-likeness (QED) is 0.757. The first-order chi connectivity index (χ1) is 8.24. The smallest absolute Gasteiger partial charge is 0.112 e. The fourth-order valence-corrected chi connectivity index (χ4v) is 2.77. The second-order valence-corrected chi connectivity index (χ2v) is 5.72. The largest absolute Gasteiger partial charge is 0.368 e. The third-order valence-corrected chi connectivity index (χ3v) is 3.78. The van der Waals surface area contributed by atoms with Crippen LogP contribution in [0.15, 0.2) is 29.0 Å². The van der Waals surface area contributed by atoms with Crippen LogP contribution in [0, 0.1) is 0 Å².